The van der Waals surface area contributed by atoms with E-state index >= 15 is 0 Å². The molecule has 4 rings (SSSR count). The monoisotopic (exact) mass is 403 g/mol. The van der Waals surface area contributed by atoms with E-state index in [0.29, 0.717) is 34.0 Å². The number of hydrogen-bond donors (Lipinski definition) is 1. The van der Waals surface area contributed by atoms with Gasteiger partial charge in [-0.1, -0.05) is 43.3 Å². The molecule has 0 aliphatic heterocycles. The highest BCUT2D eigenvalue weighted by molar-refractivity contribution is 6.07. The van der Waals surface area contributed by atoms with Gasteiger partial charge in [0.1, 0.15) is 0 Å². The number of aryl methyl sites for hydroxylation is 2. The Morgan fingerprint density at radius 1 is 1.13 bits per heavy atom. The molecule has 7 nitrogen and oxygen atoms in total. The van der Waals surface area contributed by atoms with Crippen LogP contribution in [0.2, 0.25) is 0 Å². The van der Waals surface area contributed by atoms with Crippen molar-refractivity contribution >= 4 is 17.0 Å². The maximum absolute atomic E-state index is 13.2. The zero-order valence-electron chi connectivity index (χ0n) is 17.8. The van der Waals surface area contributed by atoms with Gasteiger partial charge in [0.25, 0.3) is 11.6 Å². The van der Waals surface area contributed by atoms with Crippen molar-refractivity contribution in [2.75, 3.05) is 0 Å². The van der Waals surface area contributed by atoms with E-state index in [1.165, 1.54) is 5.56 Å². The van der Waals surface area contributed by atoms with Crippen molar-refractivity contribution in [3.8, 4) is 11.3 Å². The van der Waals surface area contributed by atoms with Crippen molar-refractivity contribution in [3.05, 3.63) is 65.1 Å². The van der Waals surface area contributed by atoms with Gasteiger partial charge in [0, 0.05) is 18.8 Å². The SMILES string of the molecule is Cc1noc2nc(-c3cnn(C)c3)cc(C(=O)N[C@@H](C)c3ccc(C(C)C)cc3)c12. The predicted molar refractivity (Wildman–Crippen MR) is 115 cm³/mol. The van der Waals surface area contributed by atoms with Crippen LogP contribution >= 0.6 is 0 Å². The normalized spacial score (nSPS) is 12.5. The Labute approximate surface area is 175 Å². The van der Waals surface area contributed by atoms with Gasteiger partial charge in [-0.05, 0) is 37.0 Å². The van der Waals surface area contributed by atoms with Crippen LogP contribution in [0, 0.1) is 6.92 Å². The Morgan fingerprint density at radius 2 is 1.83 bits per heavy atom. The van der Waals surface area contributed by atoms with Crippen molar-refractivity contribution in [3.63, 3.8) is 0 Å². The summed E-state index contributed by atoms with van der Waals surface area (Å²) in [4.78, 5) is 17.8. The second-order valence-electron chi connectivity index (χ2n) is 7.92. The third-order valence-corrected chi connectivity index (χ3v) is 5.31. The molecule has 0 radical (unpaired) electrons. The quantitative estimate of drug-likeness (QED) is 0.528. The highest BCUT2D eigenvalue weighted by Gasteiger charge is 2.21. The van der Waals surface area contributed by atoms with E-state index in [4.69, 9.17) is 4.52 Å². The van der Waals surface area contributed by atoms with Crippen LogP contribution < -0.4 is 5.32 Å². The first-order chi connectivity index (χ1) is 14.3. The second-order valence-corrected chi connectivity index (χ2v) is 7.92. The minimum atomic E-state index is -0.195. The molecule has 3 aromatic heterocycles. The Balaban J connectivity index is 1.67. The topological polar surface area (TPSA) is 85.8 Å². The summed E-state index contributed by atoms with van der Waals surface area (Å²) in [5.41, 5.74) is 5.21. The van der Waals surface area contributed by atoms with Crippen molar-refractivity contribution in [2.24, 2.45) is 7.05 Å². The number of aromatic nitrogens is 4. The van der Waals surface area contributed by atoms with Gasteiger partial charge in [-0.3, -0.25) is 9.48 Å². The molecule has 0 aliphatic rings. The van der Waals surface area contributed by atoms with Crippen LogP contribution in [0.1, 0.15) is 59.9 Å². The molecule has 1 N–H and O–H groups in total. The third kappa shape index (κ3) is 3.70. The fourth-order valence-electron chi connectivity index (χ4n) is 3.50. The number of hydrogen-bond acceptors (Lipinski definition) is 5. The van der Waals surface area contributed by atoms with Gasteiger partial charge in [-0.2, -0.15) is 5.10 Å². The predicted octanol–water partition coefficient (Wildman–Crippen LogP) is 4.55. The first-order valence-corrected chi connectivity index (χ1v) is 10.00. The zero-order valence-corrected chi connectivity index (χ0v) is 17.8. The number of nitrogens with zero attached hydrogens (tertiary/aromatic N) is 4. The fourth-order valence-corrected chi connectivity index (χ4v) is 3.50. The molecule has 0 aliphatic carbocycles. The maximum Gasteiger partial charge on any atom is 0.259 e. The van der Waals surface area contributed by atoms with Crippen LogP contribution in [-0.4, -0.2) is 25.8 Å². The molecule has 30 heavy (non-hydrogen) atoms. The summed E-state index contributed by atoms with van der Waals surface area (Å²) in [6, 6.07) is 9.97. The van der Waals surface area contributed by atoms with Crippen molar-refractivity contribution < 1.29 is 9.32 Å². The van der Waals surface area contributed by atoms with Crippen molar-refractivity contribution in [1.82, 2.24) is 25.2 Å². The van der Waals surface area contributed by atoms with Crippen LogP contribution in [0.4, 0.5) is 0 Å². The van der Waals surface area contributed by atoms with E-state index in [9.17, 15) is 4.79 Å². The highest BCUT2D eigenvalue weighted by Crippen LogP contribution is 2.27. The number of amides is 1. The number of nitrogens with one attached hydrogen (secondary N) is 1. The molecule has 1 aromatic carbocycles. The fraction of sp³-hybridized carbons (Fsp3) is 0.304. The molecule has 0 saturated carbocycles. The molecular weight excluding hydrogens is 378 g/mol. The van der Waals surface area contributed by atoms with Crippen molar-refractivity contribution in [2.45, 2.75) is 39.7 Å². The summed E-state index contributed by atoms with van der Waals surface area (Å²) in [6.45, 7) is 8.11. The lowest BCUT2D eigenvalue weighted by atomic mass is 9.99. The standard InChI is InChI=1S/C23H25N5O2/c1-13(2)16-6-8-17(9-7-16)14(3)25-22(29)19-10-20(18-11-24-28(5)12-18)26-23-21(19)15(4)27-30-23/h6-14H,1-5H3,(H,25,29)/t14-/m0/s1. The molecule has 154 valence electrons. The Bertz CT molecular complexity index is 1200. The van der Waals surface area contributed by atoms with Gasteiger partial charge >= 0.3 is 0 Å². The summed E-state index contributed by atoms with van der Waals surface area (Å²) < 4.78 is 7.06. The van der Waals surface area contributed by atoms with E-state index in [0.717, 1.165) is 11.1 Å². The average molecular weight is 403 g/mol. The second kappa shape index (κ2) is 7.74. The number of pyridine rings is 1. The Hall–Kier alpha value is -3.48. The third-order valence-electron chi connectivity index (χ3n) is 5.31. The molecule has 0 fully saturated rings. The van der Waals surface area contributed by atoms with E-state index in [-0.39, 0.29) is 11.9 Å². The van der Waals surface area contributed by atoms with Crippen molar-refractivity contribution in [1.29, 1.82) is 0 Å². The summed E-state index contributed by atoms with van der Waals surface area (Å²) in [5, 5.41) is 11.9. The molecule has 4 aromatic rings. The molecule has 1 amide bonds. The summed E-state index contributed by atoms with van der Waals surface area (Å²) in [6.07, 6.45) is 3.55. The largest absolute Gasteiger partial charge is 0.345 e. The molecule has 0 bridgehead atoms. The smallest absolute Gasteiger partial charge is 0.259 e. The molecule has 0 saturated heterocycles. The molecule has 0 spiro atoms. The van der Waals surface area contributed by atoms with E-state index in [1.807, 2.05) is 27.1 Å². The average Bonchev–Trinajstić information content (AvgIpc) is 3.33. The molecule has 7 heteroatoms. The Kier molecular flexibility index (Phi) is 5.11. The summed E-state index contributed by atoms with van der Waals surface area (Å²) in [5.74, 6) is 0.274. The minimum absolute atomic E-state index is 0.149. The van der Waals surface area contributed by atoms with E-state index in [1.54, 1.807) is 16.9 Å². The number of fused-ring (bicyclic) bond motifs is 1. The number of carbonyl (C=O) groups is 1. The lowest BCUT2D eigenvalue weighted by molar-refractivity contribution is 0.0941. The van der Waals surface area contributed by atoms with Gasteiger partial charge < -0.3 is 9.84 Å². The number of rotatable bonds is 5. The lowest BCUT2D eigenvalue weighted by Crippen LogP contribution is -2.27. The van der Waals surface area contributed by atoms with Crippen LogP contribution in [0.3, 0.4) is 0 Å². The minimum Gasteiger partial charge on any atom is -0.345 e. The molecule has 0 unspecified atom stereocenters. The molecule has 1 atom stereocenters. The summed E-state index contributed by atoms with van der Waals surface area (Å²) in [7, 11) is 1.83. The molecule has 3 heterocycles. The van der Waals surface area contributed by atoms with Crippen LogP contribution in [0.5, 0.6) is 0 Å². The van der Waals surface area contributed by atoms with E-state index < -0.39 is 0 Å². The van der Waals surface area contributed by atoms with E-state index in [2.05, 4.69) is 58.7 Å². The summed E-state index contributed by atoms with van der Waals surface area (Å²) >= 11 is 0. The Morgan fingerprint density at radius 3 is 2.47 bits per heavy atom. The van der Waals surface area contributed by atoms with Gasteiger partial charge in [0.15, 0.2) is 0 Å². The van der Waals surface area contributed by atoms with Gasteiger partial charge in [-0.15, -0.1) is 0 Å². The van der Waals surface area contributed by atoms with Crippen LogP contribution in [0.15, 0.2) is 47.2 Å². The van der Waals surface area contributed by atoms with Gasteiger partial charge in [0.05, 0.1) is 34.6 Å². The number of benzene rings is 1. The zero-order chi connectivity index (χ0) is 21.4. The number of carbonyl (C=O) groups excluding carboxylic acids is 1. The lowest BCUT2D eigenvalue weighted by Gasteiger charge is -2.16. The first kappa shape index (κ1) is 19.8. The first-order valence-electron chi connectivity index (χ1n) is 10.00. The maximum atomic E-state index is 13.2. The van der Waals surface area contributed by atoms with Gasteiger partial charge in [0.2, 0.25) is 0 Å². The van der Waals surface area contributed by atoms with Crippen LogP contribution in [-0.2, 0) is 7.05 Å². The molecular formula is C23H25N5O2. The van der Waals surface area contributed by atoms with Gasteiger partial charge in [-0.25, -0.2) is 4.98 Å². The van der Waals surface area contributed by atoms with Crippen LogP contribution in [0.25, 0.3) is 22.4 Å². The highest BCUT2D eigenvalue weighted by atomic mass is 16.5.